The van der Waals surface area contributed by atoms with E-state index in [4.69, 9.17) is 4.74 Å². The van der Waals surface area contributed by atoms with E-state index in [1.165, 1.54) is 14.0 Å². The van der Waals surface area contributed by atoms with Gasteiger partial charge in [-0.05, 0) is 62.0 Å². The molecule has 2 rings (SSSR count). The molecule has 1 aliphatic carbocycles. The zero-order chi connectivity index (χ0) is 23.3. The van der Waals surface area contributed by atoms with Crippen molar-refractivity contribution < 1.29 is 24.2 Å². The quantitative estimate of drug-likeness (QED) is 0.229. The summed E-state index contributed by atoms with van der Waals surface area (Å²) in [6, 6.07) is 8.30. The molecule has 0 amide bonds. The van der Waals surface area contributed by atoms with E-state index in [1.807, 2.05) is 0 Å². The Morgan fingerprint density at radius 2 is 1.88 bits per heavy atom. The molecular formula is C27H40O5. The van der Waals surface area contributed by atoms with Gasteiger partial charge in [-0.1, -0.05) is 56.2 Å². The third-order valence-corrected chi connectivity index (χ3v) is 6.41. The normalized spacial score (nSPS) is 21.6. The van der Waals surface area contributed by atoms with Crippen LogP contribution in [0.3, 0.4) is 0 Å². The Morgan fingerprint density at radius 3 is 2.53 bits per heavy atom. The minimum absolute atomic E-state index is 0.121. The molecule has 0 bridgehead atoms. The number of ether oxygens (including phenoxy) is 2. The summed E-state index contributed by atoms with van der Waals surface area (Å²) in [5, 5.41) is 10.6. The van der Waals surface area contributed by atoms with Crippen molar-refractivity contribution in [3.63, 3.8) is 0 Å². The van der Waals surface area contributed by atoms with Gasteiger partial charge in [0.2, 0.25) is 0 Å². The molecule has 178 valence electrons. The molecule has 0 heterocycles. The summed E-state index contributed by atoms with van der Waals surface area (Å²) in [6.07, 6.45) is 12.8. The molecule has 0 radical (unpaired) electrons. The predicted octanol–water partition coefficient (Wildman–Crippen LogP) is 6.02. The monoisotopic (exact) mass is 444 g/mol. The van der Waals surface area contributed by atoms with Crippen LogP contribution in [0.4, 0.5) is 0 Å². The molecule has 1 fully saturated rings. The van der Waals surface area contributed by atoms with Gasteiger partial charge in [-0.15, -0.1) is 0 Å². The fourth-order valence-corrected chi connectivity index (χ4v) is 4.68. The molecule has 1 N–H and O–H groups in total. The van der Waals surface area contributed by atoms with Crippen LogP contribution in [0.25, 0.3) is 0 Å². The number of carbonyl (C=O) groups is 2. The van der Waals surface area contributed by atoms with Crippen molar-refractivity contribution in [2.75, 3.05) is 7.11 Å². The van der Waals surface area contributed by atoms with Crippen LogP contribution in [-0.4, -0.2) is 30.3 Å². The molecule has 1 saturated carbocycles. The van der Waals surface area contributed by atoms with E-state index >= 15 is 0 Å². The standard InChI is InChI=1S/C27H40O5/c1-4-5-8-12-25(32-20(2)28)21-14-16-23(17-15-21)27-22(18-19-24(27)29)11-9-6-7-10-13-26(30)31-3/h6,9,14-17,22,24-25,27,29H,4-5,7-8,10-13,18-19H2,1-3H3. The second-order valence-corrected chi connectivity index (χ2v) is 8.87. The number of methoxy groups -OCH3 is 1. The van der Waals surface area contributed by atoms with E-state index in [2.05, 4.69) is 48.1 Å². The lowest BCUT2D eigenvalue weighted by molar-refractivity contribution is -0.147. The first-order valence-corrected chi connectivity index (χ1v) is 12.1. The smallest absolute Gasteiger partial charge is 0.305 e. The average molecular weight is 445 g/mol. The first kappa shape index (κ1) is 26.1. The van der Waals surface area contributed by atoms with Crippen molar-refractivity contribution in [3.8, 4) is 0 Å². The topological polar surface area (TPSA) is 72.8 Å². The zero-order valence-electron chi connectivity index (χ0n) is 19.9. The molecule has 0 spiro atoms. The van der Waals surface area contributed by atoms with Crippen LogP contribution in [0.1, 0.15) is 101 Å². The summed E-state index contributed by atoms with van der Waals surface area (Å²) >= 11 is 0. The summed E-state index contributed by atoms with van der Waals surface area (Å²) < 4.78 is 10.2. The van der Waals surface area contributed by atoms with Crippen LogP contribution in [0, 0.1) is 5.92 Å². The highest BCUT2D eigenvalue weighted by Gasteiger charge is 2.35. The van der Waals surface area contributed by atoms with Crippen molar-refractivity contribution in [2.45, 2.75) is 96.2 Å². The maximum absolute atomic E-state index is 11.6. The summed E-state index contributed by atoms with van der Waals surface area (Å²) in [6.45, 7) is 3.63. The van der Waals surface area contributed by atoms with Gasteiger partial charge in [-0.2, -0.15) is 0 Å². The van der Waals surface area contributed by atoms with Crippen molar-refractivity contribution in [1.29, 1.82) is 0 Å². The summed E-state index contributed by atoms with van der Waals surface area (Å²) in [4.78, 5) is 22.7. The Kier molecular flexibility index (Phi) is 11.5. The Morgan fingerprint density at radius 1 is 1.12 bits per heavy atom. The minimum atomic E-state index is -0.326. The maximum atomic E-state index is 11.6. The summed E-state index contributed by atoms with van der Waals surface area (Å²) in [7, 11) is 1.42. The molecule has 0 saturated heterocycles. The number of hydrogen-bond donors (Lipinski definition) is 1. The molecular weight excluding hydrogens is 404 g/mol. The van der Waals surface area contributed by atoms with E-state index in [0.717, 1.165) is 68.9 Å². The highest BCUT2D eigenvalue weighted by Crippen LogP contribution is 2.42. The SMILES string of the molecule is CCCCCC(OC(C)=O)c1ccc(C2C(O)CCC2CC=CCCCC(=O)OC)cc1. The first-order valence-electron chi connectivity index (χ1n) is 12.1. The van der Waals surface area contributed by atoms with Crippen molar-refractivity contribution >= 4 is 11.9 Å². The number of benzene rings is 1. The number of carbonyl (C=O) groups excluding carboxylic acids is 2. The lowest BCUT2D eigenvalue weighted by atomic mass is 9.85. The number of aliphatic hydroxyl groups excluding tert-OH is 1. The van der Waals surface area contributed by atoms with E-state index < -0.39 is 0 Å². The Hall–Kier alpha value is -2.14. The van der Waals surface area contributed by atoms with Gasteiger partial charge in [0.25, 0.3) is 0 Å². The largest absolute Gasteiger partial charge is 0.469 e. The second kappa shape index (κ2) is 14.1. The van der Waals surface area contributed by atoms with E-state index in [1.54, 1.807) is 0 Å². The van der Waals surface area contributed by atoms with Gasteiger partial charge in [0.1, 0.15) is 6.10 Å². The molecule has 32 heavy (non-hydrogen) atoms. The Balaban J connectivity index is 1.97. The van der Waals surface area contributed by atoms with Gasteiger partial charge in [0.05, 0.1) is 13.2 Å². The van der Waals surface area contributed by atoms with Crippen LogP contribution in [0.5, 0.6) is 0 Å². The van der Waals surface area contributed by atoms with Gasteiger partial charge in [-0.25, -0.2) is 0 Å². The predicted molar refractivity (Wildman–Crippen MR) is 126 cm³/mol. The van der Waals surface area contributed by atoms with E-state index in [0.29, 0.717) is 12.3 Å². The van der Waals surface area contributed by atoms with Crippen molar-refractivity contribution in [1.82, 2.24) is 0 Å². The average Bonchev–Trinajstić information content (AvgIpc) is 3.15. The van der Waals surface area contributed by atoms with Crippen LogP contribution in [-0.2, 0) is 19.1 Å². The molecule has 1 aromatic rings. The molecule has 1 aliphatic rings. The number of unbranched alkanes of at least 4 members (excludes halogenated alkanes) is 3. The van der Waals surface area contributed by atoms with Gasteiger partial charge < -0.3 is 14.6 Å². The fraction of sp³-hybridized carbons (Fsp3) is 0.630. The number of hydrogen-bond acceptors (Lipinski definition) is 5. The lowest BCUT2D eigenvalue weighted by Crippen LogP contribution is -2.17. The maximum Gasteiger partial charge on any atom is 0.305 e. The van der Waals surface area contributed by atoms with Crippen LogP contribution >= 0.6 is 0 Å². The summed E-state index contributed by atoms with van der Waals surface area (Å²) in [5.74, 6) is 0.111. The highest BCUT2D eigenvalue weighted by molar-refractivity contribution is 5.69. The molecule has 0 aliphatic heterocycles. The third kappa shape index (κ3) is 8.42. The highest BCUT2D eigenvalue weighted by atomic mass is 16.5. The van der Waals surface area contributed by atoms with E-state index in [-0.39, 0.29) is 30.1 Å². The molecule has 4 atom stereocenters. The van der Waals surface area contributed by atoms with Crippen LogP contribution < -0.4 is 0 Å². The Labute approximate surface area is 193 Å². The van der Waals surface area contributed by atoms with Gasteiger partial charge in [-0.3, -0.25) is 9.59 Å². The summed E-state index contributed by atoms with van der Waals surface area (Å²) in [5.41, 5.74) is 2.17. The van der Waals surface area contributed by atoms with Gasteiger partial charge in [0, 0.05) is 19.3 Å². The van der Waals surface area contributed by atoms with Gasteiger partial charge >= 0.3 is 11.9 Å². The van der Waals surface area contributed by atoms with Gasteiger partial charge in [0.15, 0.2) is 0 Å². The number of allylic oxidation sites excluding steroid dienone is 2. The van der Waals surface area contributed by atoms with Crippen molar-refractivity contribution in [2.24, 2.45) is 5.92 Å². The van der Waals surface area contributed by atoms with E-state index in [9.17, 15) is 14.7 Å². The second-order valence-electron chi connectivity index (χ2n) is 8.87. The first-order chi connectivity index (χ1) is 15.5. The number of rotatable bonds is 13. The Bertz CT molecular complexity index is 724. The molecule has 4 unspecified atom stereocenters. The molecule has 5 nitrogen and oxygen atoms in total. The number of esters is 2. The zero-order valence-corrected chi connectivity index (χ0v) is 19.9. The minimum Gasteiger partial charge on any atom is -0.469 e. The molecule has 1 aromatic carbocycles. The fourth-order valence-electron chi connectivity index (χ4n) is 4.68. The molecule has 5 heteroatoms. The van der Waals surface area contributed by atoms with Crippen LogP contribution in [0.15, 0.2) is 36.4 Å². The molecule has 0 aromatic heterocycles. The van der Waals surface area contributed by atoms with Crippen LogP contribution in [0.2, 0.25) is 0 Å². The number of aliphatic hydroxyl groups is 1. The lowest BCUT2D eigenvalue weighted by Gasteiger charge is -2.23. The third-order valence-electron chi connectivity index (χ3n) is 6.41. The van der Waals surface area contributed by atoms with Crippen molar-refractivity contribution in [3.05, 3.63) is 47.5 Å².